The van der Waals surface area contributed by atoms with Gasteiger partial charge in [-0.2, -0.15) is 0 Å². The summed E-state index contributed by atoms with van der Waals surface area (Å²) in [7, 11) is 1.70. The maximum atomic E-state index is 5.24. The Balaban J connectivity index is 3.12. The molecule has 0 saturated heterocycles. The second-order valence-electron chi connectivity index (χ2n) is 3.04. The van der Waals surface area contributed by atoms with E-state index in [2.05, 4.69) is 35.6 Å². The minimum absolute atomic E-state index is 0.498. The molecule has 1 aromatic rings. The van der Waals surface area contributed by atoms with Crippen LogP contribution in [0.3, 0.4) is 0 Å². The van der Waals surface area contributed by atoms with Crippen LogP contribution in [0.2, 0.25) is 13.6 Å². The molecule has 0 aliphatic carbocycles. The van der Waals surface area contributed by atoms with Gasteiger partial charge in [-0.05, 0) is 23.7 Å². The van der Waals surface area contributed by atoms with Gasteiger partial charge in [-0.15, -0.1) is 0 Å². The van der Waals surface area contributed by atoms with Crippen LogP contribution in [0.15, 0.2) is 22.7 Å². The zero-order chi connectivity index (χ0) is 9.14. The van der Waals surface area contributed by atoms with Crippen molar-refractivity contribution in [3.63, 3.8) is 0 Å². The van der Waals surface area contributed by atoms with E-state index in [0.717, 1.165) is 10.2 Å². The molecule has 0 bridgehead atoms. The second kappa shape index (κ2) is 3.99. The molecule has 0 aliphatic rings. The highest BCUT2D eigenvalue weighted by molar-refractivity contribution is 9.10. The van der Waals surface area contributed by atoms with Gasteiger partial charge in [0.15, 0.2) is 6.71 Å². The van der Waals surface area contributed by atoms with E-state index in [0.29, 0.717) is 6.71 Å². The fourth-order valence-corrected chi connectivity index (χ4v) is 1.54. The lowest BCUT2D eigenvalue weighted by Crippen LogP contribution is -2.24. The normalized spacial score (nSPS) is 9.67. The molecule has 0 saturated carbocycles. The summed E-state index contributed by atoms with van der Waals surface area (Å²) in [6.07, 6.45) is 0. The van der Waals surface area contributed by atoms with Crippen LogP contribution in [0.25, 0.3) is 0 Å². The summed E-state index contributed by atoms with van der Waals surface area (Å²) in [5.74, 6) is 0.966. The number of halogens is 1. The molecule has 0 radical (unpaired) electrons. The third kappa shape index (κ3) is 2.04. The molecule has 0 aliphatic heterocycles. The zero-order valence-electron chi connectivity index (χ0n) is 7.60. The standard InChI is InChI=1S/C9H12BBrO/c1-10(2)8-6-7(11)4-5-9(8)12-3/h4-6H,1-3H3. The molecule has 0 heterocycles. The molecular formula is C9H12BBrO. The van der Waals surface area contributed by atoms with Gasteiger partial charge in [-0.3, -0.25) is 0 Å². The molecule has 0 aromatic heterocycles. The van der Waals surface area contributed by atoms with Crippen LogP contribution in [0.4, 0.5) is 0 Å². The molecule has 0 unspecified atom stereocenters. The number of benzene rings is 1. The highest BCUT2D eigenvalue weighted by atomic mass is 79.9. The minimum Gasteiger partial charge on any atom is -0.497 e. The van der Waals surface area contributed by atoms with E-state index in [-0.39, 0.29) is 0 Å². The average molecular weight is 227 g/mol. The number of hydrogen-bond acceptors (Lipinski definition) is 1. The summed E-state index contributed by atoms with van der Waals surface area (Å²) in [6.45, 7) is 4.81. The molecule has 0 atom stereocenters. The summed E-state index contributed by atoms with van der Waals surface area (Å²) < 4.78 is 6.34. The average Bonchev–Trinajstić information content (AvgIpc) is 2.04. The monoisotopic (exact) mass is 226 g/mol. The first-order valence-corrected chi connectivity index (χ1v) is 4.78. The highest BCUT2D eigenvalue weighted by Gasteiger charge is 2.09. The molecule has 0 amide bonds. The lowest BCUT2D eigenvalue weighted by molar-refractivity contribution is 0.418. The Labute approximate surface area is 82.3 Å². The molecule has 1 aromatic carbocycles. The lowest BCUT2D eigenvalue weighted by atomic mass is 9.49. The van der Waals surface area contributed by atoms with Gasteiger partial charge < -0.3 is 4.74 Å². The minimum atomic E-state index is 0.498. The van der Waals surface area contributed by atoms with Gasteiger partial charge in [0.25, 0.3) is 0 Å². The van der Waals surface area contributed by atoms with Crippen molar-refractivity contribution in [1.82, 2.24) is 0 Å². The van der Waals surface area contributed by atoms with Gasteiger partial charge in [0.1, 0.15) is 5.75 Å². The summed E-state index contributed by atoms with van der Waals surface area (Å²) in [5.41, 5.74) is 1.24. The van der Waals surface area contributed by atoms with Crippen LogP contribution in [-0.4, -0.2) is 13.8 Å². The van der Waals surface area contributed by atoms with Crippen molar-refractivity contribution in [2.45, 2.75) is 13.6 Å². The first-order valence-electron chi connectivity index (χ1n) is 3.98. The smallest absolute Gasteiger partial charge is 0.174 e. The predicted molar refractivity (Wildman–Crippen MR) is 57.8 cm³/mol. The molecule has 0 fully saturated rings. The Hall–Kier alpha value is -0.435. The van der Waals surface area contributed by atoms with Gasteiger partial charge in [0.2, 0.25) is 0 Å². The maximum Gasteiger partial charge on any atom is 0.174 e. The summed E-state index contributed by atoms with van der Waals surface area (Å²) in [4.78, 5) is 0. The molecule has 12 heavy (non-hydrogen) atoms. The summed E-state index contributed by atoms with van der Waals surface area (Å²) in [5, 5.41) is 0. The molecule has 64 valence electrons. The van der Waals surface area contributed by atoms with Crippen molar-refractivity contribution in [2.75, 3.05) is 7.11 Å². The molecule has 0 N–H and O–H groups in total. The van der Waals surface area contributed by atoms with Crippen molar-refractivity contribution >= 4 is 28.1 Å². The van der Waals surface area contributed by atoms with Crippen molar-refractivity contribution in [3.05, 3.63) is 22.7 Å². The molecule has 1 nitrogen and oxygen atoms in total. The Morgan fingerprint density at radius 3 is 2.50 bits per heavy atom. The van der Waals surface area contributed by atoms with Crippen molar-refractivity contribution < 1.29 is 4.74 Å². The van der Waals surface area contributed by atoms with Gasteiger partial charge in [0.05, 0.1) is 7.11 Å². The third-order valence-corrected chi connectivity index (χ3v) is 2.31. The van der Waals surface area contributed by atoms with E-state index in [1.165, 1.54) is 5.46 Å². The van der Waals surface area contributed by atoms with Crippen LogP contribution < -0.4 is 10.2 Å². The quantitative estimate of drug-likeness (QED) is 0.704. The van der Waals surface area contributed by atoms with Gasteiger partial charge in [0, 0.05) is 4.47 Å². The van der Waals surface area contributed by atoms with Crippen LogP contribution in [0.1, 0.15) is 0 Å². The SMILES string of the molecule is COc1ccc(Br)cc1B(C)C. The first-order chi connectivity index (χ1) is 5.65. The van der Waals surface area contributed by atoms with Crippen LogP contribution >= 0.6 is 15.9 Å². The van der Waals surface area contributed by atoms with Crippen molar-refractivity contribution in [2.24, 2.45) is 0 Å². The van der Waals surface area contributed by atoms with E-state index in [1.807, 2.05) is 12.1 Å². The van der Waals surface area contributed by atoms with Crippen molar-refractivity contribution in [3.8, 4) is 5.75 Å². The first kappa shape index (κ1) is 9.65. The lowest BCUT2D eigenvalue weighted by Gasteiger charge is -2.09. The number of rotatable bonds is 2. The Bertz CT molecular complexity index is 273. The van der Waals surface area contributed by atoms with Gasteiger partial charge in [-0.1, -0.05) is 29.6 Å². The molecule has 3 heteroatoms. The van der Waals surface area contributed by atoms with E-state index >= 15 is 0 Å². The molecule has 1 rings (SSSR count). The largest absolute Gasteiger partial charge is 0.497 e. The number of methoxy groups -OCH3 is 1. The van der Waals surface area contributed by atoms with Crippen LogP contribution in [-0.2, 0) is 0 Å². The fourth-order valence-electron chi connectivity index (χ4n) is 1.16. The Morgan fingerprint density at radius 1 is 1.33 bits per heavy atom. The topological polar surface area (TPSA) is 9.23 Å². The van der Waals surface area contributed by atoms with Crippen LogP contribution in [0.5, 0.6) is 5.75 Å². The summed E-state index contributed by atoms with van der Waals surface area (Å²) >= 11 is 3.44. The second-order valence-corrected chi connectivity index (χ2v) is 3.96. The van der Waals surface area contributed by atoms with Crippen molar-refractivity contribution in [1.29, 1.82) is 0 Å². The molecular weight excluding hydrogens is 215 g/mol. The van der Waals surface area contributed by atoms with E-state index in [4.69, 9.17) is 4.74 Å². The maximum absolute atomic E-state index is 5.24. The molecule has 0 spiro atoms. The number of hydrogen-bond donors (Lipinski definition) is 0. The predicted octanol–water partition coefficient (Wildman–Crippen LogP) is 2.42. The Kier molecular flexibility index (Phi) is 3.21. The fraction of sp³-hybridized carbons (Fsp3) is 0.333. The van der Waals surface area contributed by atoms with Gasteiger partial charge in [-0.25, -0.2) is 0 Å². The Morgan fingerprint density at radius 2 is 2.00 bits per heavy atom. The van der Waals surface area contributed by atoms with E-state index < -0.39 is 0 Å². The number of ether oxygens (including phenoxy) is 1. The van der Waals surface area contributed by atoms with E-state index in [1.54, 1.807) is 7.11 Å². The third-order valence-electron chi connectivity index (χ3n) is 1.81. The van der Waals surface area contributed by atoms with Gasteiger partial charge >= 0.3 is 0 Å². The summed E-state index contributed by atoms with van der Waals surface area (Å²) in [6, 6.07) is 6.08. The van der Waals surface area contributed by atoms with Crippen LogP contribution in [0, 0.1) is 0 Å². The zero-order valence-corrected chi connectivity index (χ0v) is 9.18. The van der Waals surface area contributed by atoms with E-state index in [9.17, 15) is 0 Å². The highest BCUT2D eigenvalue weighted by Crippen LogP contribution is 2.14.